The molecule has 0 spiro atoms. The largest absolute Gasteiger partial charge is 0.381 e. The van der Waals surface area contributed by atoms with Crippen LogP contribution in [-0.2, 0) is 4.74 Å². The summed E-state index contributed by atoms with van der Waals surface area (Å²) in [4.78, 5) is 9.57. The van der Waals surface area contributed by atoms with Gasteiger partial charge >= 0.3 is 0 Å². The van der Waals surface area contributed by atoms with Crippen molar-refractivity contribution < 1.29 is 4.74 Å². The lowest BCUT2D eigenvalue weighted by Gasteiger charge is -2.28. The van der Waals surface area contributed by atoms with Gasteiger partial charge in [-0.15, -0.1) is 0 Å². The molecule has 0 aliphatic carbocycles. The van der Waals surface area contributed by atoms with E-state index in [1.165, 1.54) is 30.8 Å². The summed E-state index contributed by atoms with van der Waals surface area (Å²) in [5.74, 6) is 2.51. The van der Waals surface area contributed by atoms with Gasteiger partial charge in [-0.25, -0.2) is 9.97 Å². The Balaban J connectivity index is 1.79. The Morgan fingerprint density at radius 2 is 2.10 bits per heavy atom. The van der Waals surface area contributed by atoms with Crippen molar-refractivity contribution in [3.8, 4) is 0 Å². The van der Waals surface area contributed by atoms with Crippen LogP contribution in [-0.4, -0.2) is 33.5 Å². The number of hydrogen-bond donors (Lipinski definition) is 0. The van der Waals surface area contributed by atoms with Crippen LogP contribution in [0.1, 0.15) is 49.2 Å². The molecule has 2 aromatic rings. The first-order chi connectivity index (χ1) is 10.4. The zero-order valence-electron chi connectivity index (χ0n) is 12.2. The molecular weight excluding hydrogens is 282 g/mol. The van der Waals surface area contributed by atoms with E-state index in [-0.39, 0.29) is 0 Å². The molecule has 0 amide bonds. The van der Waals surface area contributed by atoms with E-state index in [2.05, 4.69) is 27.4 Å². The molecule has 0 aromatic carbocycles. The summed E-state index contributed by atoms with van der Waals surface area (Å²) in [6.07, 6.45) is 7.95. The van der Waals surface area contributed by atoms with Gasteiger partial charge in [0, 0.05) is 25.5 Å². The first kappa shape index (κ1) is 13.6. The lowest BCUT2D eigenvalue weighted by molar-refractivity contribution is 0.0697. The van der Waals surface area contributed by atoms with Gasteiger partial charge in [0.15, 0.2) is 5.65 Å². The van der Waals surface area contributed by atoms with Crippen molar-refractivity contribution in [2.75, 3.05) is 19.0 Å². The number of imidazole rings is 1. The van der Waals surface area contributed by atoms with E-state index >= 15 is 0 Å². The van der Waals surface area contributed by atoms with Gasteiger partial charge in [0.1, 0.15) is 11.3 Å². The van der Waals surface area contributed by atoms with Crippen molar-refractivity contribution in [1.82, 2.24) is 14.5 Å². The quantitative estimate of drug-likeness (QED) is 0.847. The average molecular weight is 303 g/mol. The van der Waals surface area contributed by atoms with Crippen LogP contribution in [0.3, 0.4) is 0 Å². The van der Waals surface area contributed by atoms with Gasteiger partial charge in [0.05, 0.1) is 5.25 Å². The van der Waals surface area contributed by atoms with E-state index in [1.54, 1.807) is 0 Å². The third-order valence-corrected chi connectivity index (χ3v) is 5.87. The molecule has 21 heavy (non-hydrogen) atoms. The lowest BCUT2D eigenvalue weighted by Crippen LogP contribution is -2.22. The summed E-state index contributed by atoms with van der Waals surface area (Å²) < 4.78 is 7.97. The molecule has 112 valence electrons. The van der Waals surface area contributed by atoms with Crippen LogP contribution in [0, 0.1) is 0 Å². The number of ether oxygens (including phenoxy) is 1. The van der Waals surface area contributed by atoms with Crippen LogP contribution in [0.15, 0.2) is 18.3 Å². The fourth-order valence-electron chi connectivity index (χ4n) is 3.42. The minimum atomic E-state index is 0.496. The predicted octanol–water partition coefficient (Wildman–Crippen LogP) is 3.74. The van der Waals surface area contributed by atoms with E-state index in [1.807, 2.05) is 12.3 Å². The van der Waals surface area contributed by atoms with Gasteiger partial charge in [-0.05, 0) is 43.6 Å². The molecule has 1 unspecified atom stereocenters. The monoisotopic (exact) mass is 303 g/mol. The van der Waals surface area contributed by atoms with E-state index in [9.17, 15) is 0 Å². The number of pyridine rings is 1. The maximum Gasteiger partial charge on any atom is 0.160 e. The third-order valence-electron chi connectivity index (χ3n) is 4.50. The molecule has 4 rings (SSSR count). The van der Waals surface area contributed by atoms with E-state index in [0.29, 0.717) is 11.3 Å². The zero-order chi connectivity index (χ0) is 14.1. The summed E-state index contributed by atoms with van der Waals surface area (Å²) in [7, 11) is 0. The molecule has 2 aliphatic rings. The molecule has 0 saturated carbocycles. The maximum absolute atomic E-state index is 5.54. The van der Waals surface area contributed by atoms with Crippen molar-refractivity contribution in [3.63, 3.8) is 0 Å². The Bertz CT molecular complexity index is 615. The third kappa shape index (κ3) is 2.57. The van der Waals surface area contributed by atoms with Crippen LogP contribution < -0.4 is 0 Å². The number of hydrogen-bond acceptors (Lipinski definition) is 4. The highest BCUT2D eigenvalue weighted by atomic mass is 32.2. The summed E-state index contributed by atoms with van der Waals surface area (Å²) in [6, 6.07) is 4.58. The molecule has 2 aromatic heterocycles. The van der Waals surface area contributed by atoms with E-state index in [4.69, 9.17) is 9.72 Å². The molecule has 4 nitrogen and oxygen atoms in total. The summed E-state index contributed by atoms with van der Waals surface area (Å²) >= 11 is 2.07. The fourth-order valence-corrected chi connectivity index (χ4v) is 4.73. The topological polar surface area (TPSA) is 39.9 Å². The Morgan fingerprint density at radius 3 is 2.90 bits per heavy atom. The van der Waals surface area contributed by atoms with Crippen molar-refractivity contribution >= 4 is 22.9 Å². The van der Waals surface area contributed by atoms with Crippen LogP contribution in [0.5, 0.6) is 0 Å². The van der Waals surface area contributed by atoms with Crippen molar-refractivity contribution in [3.05, 3.63) is 24.2 Å². The van der Waals surface area contributed by atoms with Crippen LogP contribution in [0.25, 0.3) is 11.2 Å². The van der Waals surface area contributed by atoms with Crippen molar-refractivity contribution in [2.24, 2.45) is 0 Å². The molecule has 4 heterocycles. The molecular formula is C16H21N3OS. The molecule has 0 N–H and O–H groups in total. The zero-order valence-corrected chi connectivity index (χ0v) is 13.0. The minimum absolute atomic E-state index is 0.496. The first-order valence-electron chi connectivity index (χ1n) is 7.95. The smallest absolute Gasteiger partial charge is 0.160 e. The Labute approximate surface area is 129 Å². The fraction of sp³-hybridized carbons (Fsp3) is 0.625. The number of nitrogens with zero attached hydrogens (tertiary/aromatic N) is 3. The van der Waals surface area contributed by atoms with Crippen LogP contribution >= 0.6 is 11.8 Å². The van der Waals surface area contributed by atoms with Gasteiger partial charge in [0.25, 0.3) is 0 Å². The van der Waals surface area contributed by atoms with Gasteiger partial charge < -0.3 is 9.30 Å². The van der Waals surface area contributed by atoms with Crippen molar-refractivity contribution in [1.29, 1.82) is 0 Å². The molecule has 1 atom stereocenters. The molecule has 5 heteroatoms. The highest BCUT2D eigenvalue weighted by Gasteiger charge is 2.28. The number of rotatable bonds is 2. The number of thioether (sulfide) groups is 1. The summed E-state index contributed by atoms with van der Waals surface area (Å²) in [5.41, 5.74) is 2.11. The molecule has 2 aliphatic heterocycles. The average Bonchev–Trinajstić information content (AvgIpc) is 2.96. The van der Waals surface area contributed by atoms with Gasteiger partial charge in [-0.2, -0.15) is 11.8 Å². The SMILES string of the molecule is c1cnc2c(c1)nc(C1CCCCS1)n2C1CCOCC1. The van der Waals surface area contributed by atoms with Gasteiger partial charge in [-0.3, -0.25) is 0 Å². The Kier molecular flexibility index (Phi) is 3.86. The van der Waals surface area contributed by atoms with E-state index in [0.717, 1.165) is 37.2 Å². The maximum atomic E-state index is 5.54. The van der Waals surface area contributed by atoms with Crippen LogP contribution in [0.2, 0.25) is 0 Å². The normalized spacial score (nSPS) is 24.5. The van der Waals surface area contributed by atoms with Gasteiger partial charge in [0.2, 0.25) is 0 Å². The number of aromatic nitrogens is 3. The molecule has 0 radical (unpaired) electrons. The molecule has 2 saturated heterocycles. The standard InChI is InChI=1S/C16H21N3OS/c1-2-11-21-14(5-1)16-18-13-4-3-8-17-15(13)19(16)12-6-9-20-10-7-12/h3-4,8,12,14H,1-2,5-7,9-11H2. The Morgan fingerprint density at radius 1 is 1.19 bits per heavy atom. The number of fused-ring (bicyclic) bond motifs is 1. The first-order valence-corrected chi connectivity index (χ1v) is 9.00. The highest BCUT2D eigenvalue weighted by molar-refractivity contribution is 7.99. The predicted molar refractivity (Wildman–Crippen MR) is 85.7 cm³/mol. The second kappa shape index (κ2) is 5.97. The van der Waals surface area contributed by atoms with E-state index < -0.39 is 0 Å². The van der Waals surface area contributed by atoms with Gasteiger partial charge in [-0.1, -0.05) is 6.42 Å². The minimum Gasteiger partial charge on any atom is -0.381 e. The molecule has 2 fully saturated rings. The summed E-state index contributed by atoms with van der Waals surface area (Å²) in [5, 5.41) is 0.538. The summed E-state index contributed by atoms with van der Waals surface area (Å²) in [6.45, 7) is 1.71. The lowest BCUT2D eigenvalue weighted by atomic mass is 10.1. The Hall–Kier alpha value is -1.07. The second-order valence-electron chi connectivity index (χ2n) is 5.88. The van der Waals surface area contributed by atoms with Crippen LogP contribution in [0.4, 0.5) is 0 Å². The highest BCUT2D eigenvalue weighted by Crippen LogP contribution is 2.40. The second-order valence-corrected chi connectivity index (χ2v) is 7.20. The van der Waals surface area contributed by atoms with Crippen molar-refractivity contribution in [2.45, 2.75) is 43.4 Å². The molecule has 0 bridgehead atoms.